The van der Waals surface area contributed by atoms with Crippen molar-refractivity contribution < 1.29 is 14.0 Å². The monoisotopic (exact) mass is 353 g/mol. The molecule has 0 saturated heterocycles. The van der Waals surface area contributed by atoms with E-state index in [0.29, 0.717) is 11.3 Å². The van der Waals surface area contributed by atoms with Crippen LogP contribution in [-0.4, -0.2) is 45.1 Å². The second kappa shape index (κ2) is 7.56. The molecule has 1 N–H and O–H groups in total. The van der Waals surface area contributed by atoms with Crippen LogP contribution in [0, 0.1) is 5.82 Å². The Hall–Kier alpha value is -3.55. The van der Waals surface area contributed by atoms with Gasteiger partial charge in [0.25, 0.3) is 5.91 Å². The summed E-state index contributed by atoms with van der Waals surface area (Å²) in [5, 5.41) is 6.63. The minimum atomic E-state index is -0.385. The number of carbonyl (C=O) groups excluding carboxylic acids is 2. The smallest absolute Gasteiger partial charge is 0.254 e. The van der Waals surface area contributed by atoms with Gasteiger partial charge in [-0.05, 0) is 48.5 Å². The zero-order chi connectivity index (χ0) is 18.5. The third kappa shape index (κ3) is 4.10. The van der Waals surface area contributed by atoms with E-state index in [2.05, 4.69) is 15.4 Å². The molecule has 8 heteroatoms. The molecule has 0 fully saturated rings. The molecule has 0 aliphatic carbocycles. The van der Waals surface area contributed by atoms with Crippen molar-refractivity contribution in [2.24, 2.45) is 0 Å². The van der Waals surface area contributed by atoms with E-state index in [1.54, 1.807) is 35.3 Å². The summed E-state index contributed by atoms with van der Waals surface area (Å²) in [5.74, 6) is -1.04. The summed E-state index contributed by atoms with van der Waals surface area (Å²) in [6.07, 6.45) is 2.98. The van der Waals surface area contributed by atoms with Gasteiger partial charge in [-0.25, -0.2) is 14.1 Å². The first-order chi connectivity index (χ1) is 12.5. The standard InChI is InChI=1S/C18H16FN5O2/c1-23(10-17(25)22-15-6-4-14(19)5-7-15)18(26)13-2-8-16(9-3-13)24-12-20-11-21-24/h2-9,11-12H,10H2,1H3,(H,22,25). The molecule has 26 heavy (non-hydrogen) atoms. The molecule has 1 heterocycles. The van der Waals surface area contributed by atoms with Crippen molar-refractivity contribution in [3.63, 3.8) is 0 Å². The van der Waals surface area contributed by atoms with Crippen LogP contribution in [0.1, 0.15) is 10.4 Å². The van der Waals surface area contributed by atoms with E-state index in [4.69, 9.17) is 0 Å². The molecule has 3 rings (SSSR count). The van der Waals surface area contributed by atoms with Gasteiger partial charge in [0.2, 0.25) is 5.91 Å². The Kier molecular flexibility index (Phi) is 5.02. The molecule has 2 aromatic carbocycles. The van der Waals surface area contributed by atoms with Crippen LogP contribution < -0.4 is 5.32 Å². The first-order valence-electron chi connectivity index (χ1n) is 7.79. The van der Waals surface area contributed by atoms with E-state index in [0.717, 1.165) is 5.69 Å². The normalized spacial score (nSPS) is 10.4. The van der Waals surface area contributed by atoms with Crippen LogP contribution >= 0.6 is 0 Å². The van der Waals surface area contributed by atoms with Crippen molar-refractivity contribution in [1.82, 2.24) is 19.7 Å². The molecule has 1 aromatic heterocycles. The number of nitrogens with one attached hydrogen (secondary N) is 1. The van der Waals surface area contributed by atoms with Crippen molar-refractivity contribution >= 4 is 17.5 Å². The molecule has 0 atom stereocenters. The van der Waals surface area contributed by atoms with Crippen molar-refractivity contribution in [2.75, 3.05) is 18.9 Å². The van der Waals surface area contributed by atoms with E-state index in [1.807, 2.05) is 0 Å². The van der Waals surface area contributed by atoms with Gasteiger partial charge in [0.05, 0.1) is 12.2 Å². The molecular weight excluding hydrogens is 337 g/mol. The number of likely N-dealkylation sites (N-methyl/N-ethyl adjacent to an activating group) is 1. The van der Waals surface area contributed by atoms with Crippen molar-refractivity contribution in [3.05, 3.63) is 72.6 Å². The third-order valence-electron chi connectivity index (χ3n) is 3.65. The summed E-state index contributed by atoms with van der Waals surface area (Å²) in [7, 11) is 1.54. The summed E-state index contributed by atoms with van der Waals surface area (Å²) in [4.78, 5) is 29.6. The van der Waals surface area contributed by atoms with E-state index < -0.39 is 0 Å². The van der Waals surface area contributed by atoms with Gasteiger partial charge in [-0.15, -0.1) is 0 Å². The maximum Gasteiger partial charge on any atom is 0.254 e. The topological polar surface area (TPSA) is 80.1 Å². The Morgan fingerprint density at radius 1 is 1.12 bits per heavy atom. The number of hydrogen-bond acceptors (Lipinski definition) is 4. The Bertz CT molecular complexity index is 892. The molecule has 0 saturated carbocycles. The van der Waals surface area contributed by atoms with Gasteiger partial charge < -0.3 is 10.2 Å². The minimum Gasteiger partial charge on any atom is -0.332 e. The molecule has 2 amide bonds. The van der Waals surface area contributed by atoms with E-state index in [1.165, 1.54) is 42.5 Å². The number of benzene rings is 2. The van der Waals surface area contributed by atoms with Gasteiger partial charge in [-0.1, -0.05) is 0 Å². The highest BCUT2D eigenvalue weighted by Crippen LogP contribution is 2.11. The lowest BCUT2D eigenvalue weighted by atomic mass is 10.2. The van der Waals surface area contributed by atoms with Crippen LogP contribution in [0.25, 0.3) is 5.69 Å². The molecule has 0 unspecified atom stereocenters. The van der Waals surface area contributed by atoms with E-state index in [9.17, 15) is 14.0 Å². The summed E-state index contributed by atoms with van der Waals surface area (Å²) in [6.45, 7) is -0.124. The van der Waals surface area contributed by atoms with Gasteiger partial charge in [-0.2, -0.15) is 5.10 Å². The highest BCUT2D eigenvalue weighted by atomic mass is 19.1. The molecule has 0 spiro atoms. The fourth-order valence-electron chi connectivity index (χ4n) is 2.34. The van der Waals surface area contributed by atoms with Gasteiger partial charge in [0.15, 0.2) is 0 Å². The Morgan fingerprint density at radius 3 is 2.42 bits per heavy atom. The average Bonchev–Trinajstić information content (AvgIpc) is 3.18. The number of anilines is 1. The first-order valence-corrected chi connectivity index (χ1v) is 7.79. The van der Waals surface area contributed by atoms with Crippen LogP contribution in [0.3, 0.4) is 0 Å². The van der Waals surface area contributed by atoms with Gasteiger partial charge >= 0.3 is 0 Å². The number of halogens is 1. The number of aromatic nitrogens is 3. The van der Waals surface area contributed by atoms with Crippen LogP contribution in [-0.2, 0) is 4.79 Å². The predicted octanol–water partition coefficient (Wildman–Crippen LogP) is 2.12. The summed E-state index contributed by atoms with van der Waals surface area (Å²) < 4.78 is 14.4. The van der Waals surface area contributed by atoms with Gasteiger partial charge in [0, 0.05) is 18.3 Å². The highest BCUT2D eigenvalue weighted by Gasteiger charge is 2.15. The Balaban J connectivity index is 1.60. The van der Waals surface area contributed by atoms with Crippen molar-refractivity contribution in [1.29, 1.82) is 0 Å². The quantitative estimate of drug-likeness (QED) is 0.762. The largest absolute Gasteiger partial charge is 0.332 e. The molecule has 0 radical (unpaired) electrons. The maximum absolute atomic E-state index is 12.9. The van der Waals surface area contributed by atoms with Crippen LogP contribution in [0.2, 0.25) is 0 Å². The van der Waals surface area contributed by atoms with Crippen molar-refractivity contribution in [3.8, 4) is 5.69 Å². The zero-order valence-electron chi connectivity index (χ0n) is 14.0. The Labute approximate surface area is 149 Å². The fourth-order valence-corrected chi connectivity index (χ4v) is 2.34. The van der Waals surface area contributed by atoms with Gasteiger partial charge in [0.1, 0.15) is 18.5 Å². The molecule has 132 valence electrons. The van der Waals surface area contributed by atoms with Crippen LogP contribution in [0.15, 0.2) is 61.2 Å². The highest BCUT2D eigenvalue weighted by molar-refractivity contribution is 5.99. The predicted molar refractivity (Wildman–Crippen MR) is 93.3 cm³/mol. The molecule has 0 bridgehead atoms. The molecule has 3 aromatic rings. The second-order valence-corrected chi connectivity index (χ2v) is 5.60. The van der Waals surface area contributed by atoms with Gasteiger partial charge in [-0.3, -0.25) is 9.59 Å². The number of rotatable bonds is 5. The summed E-state index contributed by atoms with van der Waals surface area (Å²) >= 11 is 0. The Morgan fingerprint density at radius 2 is 1.81 bits per heavy atom. The number of amides is 2. The van der Waals surface area contributed by atoms with Crippen LogP contribution in [0.4, 0.5) is 10.1 Å². The zero-order valence-corrected chi connectivity index (χ0v) is 14.0. The first kappa shape index (κ1) is 17.3. The van der Waals surface area contributed by atoms with E-state index in [-0.39, 0.29) is 24.2 Å². The molecular formula is C18H16FN5O2. The minimum absolute atomic E-state index is 0.124. The summed E-state index contributed by atoms with van der Waals surface area (Å²) in [5.41, 5.74) is 1.69. The lowest BCUT2D eigenvalue weighted by Crippen LogP contribution is -2.34. The van der Waals surface area contributed by atoms with Crippen LogP contribution in [0.5, 0.6) is 0 Å². The molecule has 0 aliphatic rings. The lowest BCUT2D eigenvalue weighted by Gasteiger charge is -2.17. The molecule has 0 aliphatic heterocycles. The summed E-state index contributed by atoms with van der Waals surface area (Å²) in [6, 6.07) is 12.2. The maximum atomic E-state index is 12.9. The lowest BCUT2D eigenvalue weighted by molar-refractivity contribution is -0.116. The third-order valence-corrected chi connectivity index (χ3v) is 3.65. The fraction of sp³-hybridized carbons (Fsp3) is 0.111. The SMILES string of the molecule is CN(CC(=O)Nc1ccc(F)cc1)C(=O)c1ccc(-n2cncn2)cc1. The molecule has 7 nitrogen and oxygen atoms in total. The number of nitrogens with zero attached hydrogens (tertiary/aromatic N) is 4. The number of carbonyl (C=O) groups is 2. The second-order valence-electron chi connectivity index (χ2n) is 5.60. The average molecular weight is 353 g/mol. The number of hydrogen-bond donors (Lipinski definition) is 1. The van der Waals surface area contributed by atoms with E-state index >= 15 is 0 Å². The van der Waals surface area contributed by atoms with Crippen molar-refractivity contribution in [2.45, 2.75) is 0 Å².